The van der Waals surface area contributed by atoms with Crippen molar-refractivity contribution in [3.05, 3.63) is 48.6 Å². The van der Waals surface area contributed by atoms with Gasteiger partial charge in [0.25, 0.3) is 0 Å². The molecule has 2 atom stereocenters. The van der Waals surface area contributed by atoms with Crippen LogP contribution in [0.25, 0.3) is 0 Å². The number of hydrogen-bond acceptors (Lipinski definition) is 2. The number of carbonyl (C=O) groups excluding carboxylic acids is 2. The molecule has 1 aromatic carbocycles. The molecule has 5 heteroatoms. The molecule has 5 nitrogen and oxygen atoms in total. The number of rotatable bonds is 5. The number of amides is 3. The van der Waals surface area contributed by atoms with E-state index in [1.807, 2.05) is 25.1 Å². The Morgan fingerprint density at radius 1 is 1.26 bits per heavy atom. The number of urea groups is 1. The second-order valence-electron chi connectivity index (χ2n) is 5.81. The molecule has 2 unspecified atom stereocenters. The predicted octanol–water partition coefficient (Wildman–Crippen LogP) is 2.12. The lowest BCUT2D eigenvalue weighted by atomic mass is 9.84. The van der Waals surface area contributed by atoms with Gasteiger partial charge < -0.3 is 15.5 Å². The molecule has 0 radical (unpaired) electrons. The number of carbonyl (C=O) groups is 2. The summed E-state index contributed by atoms with van der Waals surface area (Å²) >= 11 is 0. The van der Waals surface area contributed by atoms with Crippen molar-refractivity contribution in [2.45, 2.75) is 19.3 Å². The molecule has 0 bridgehead atoms. The number of piperidine rings is 1. The van der Waals surface area contributed by atoms with Crippen LogP contribution in [0.1, 0.15) is 24.8 Å². The van der Waals surface area contributed by atoms with Gasteiger partial charge in [-0.3, -0.25) is 4.79 Å². The van der Waals surface area contributed by atoms with Gasteiger partial charge in [-0.15, -0.1) is 6.58 Å². The van der Waals surface area contributed by atoms with Crippen LogP contribution in [0.2, 0.25) is 0 Å². The van der Waals surface area contributed by atoms with E-state index in [0.29, 0.717) is 26.2 Å². The largest absolute Gasteiger partial charge is 0.352 e. The number of likely N-dealkylation sites (tertiary alicyclic amines) is 1. The highest BCUT2D eigenvalue weighted by molar-refractivity contribution is 5.81. The third-order valence-electron chi connectivity index (χ3n) is 4.13. The van der Waals surface area contributed by atoms with Gasteiger partial charge >= 0.3 is 6.03 Å². The van der Waals surface area contributed by atoms with E-state index in [4.69, 9.17) is 0 Å². The van der Waals surface area contributed by atoms with E-state index < -0.39 is 0 Å². The Morgan fingerprint density at radius 2 is 2.00 bits per heavy atom. The van der Waals surface area contributed by atoms with Crippen molar-refractivity contribution in [2.75, 3.05) is 26.2 Å². The maximum Gasteiger partial charge on any atom is 0.317 e. The minimum Gasteiger partial charge on any atom is -0.352 e. The van der Waals surface area contributed by atoms with Crippen molar-refractivity contribution in [1.82, 2.24) is 15.5 Å². The van der Waals surface area contributed by atoms with Gasteiger partial charge in [0.1, 0.15) is 0 Å². The molecular weight excluding hydrogens is 290 g/mol. The first-order valence-corrected chi connectivity index (χ1v) is 8.12. The average Bonchev–Trinajstić information content (AvgIpc) is 2.60. The van der Waals surface area contributed by atoms with Crippen LogP contribution in [0.15, 0.2) is 43.0 Å². The van der Waals surface area contributed by atoms with Gasteiger partial charge in [-0.2, -0.15) is 0 Å². The van der Waals surface area contributed by atoms with E-state index in [1.54, 1.807) is 11.0 Å². The topological polar surface area (TPSA) is 61.4 Å². The number of hydrogen-bond donors (Lipinski definition) is 2. The molecule has 23 heavy (non-hydrogen) atoms. The van der Waals surface area contributed by atoms with Crippen LogP contribution < -0.4 is 10.6 Å². The molecule has 0 saturated carbocycles. The molecule has 1 fully saturated rings. The maximum atomic E-state index is 12.3. The van der Waals surface area contributed by atoms with Crippen LogP contribution in [0.3, 0.4) is 0 Å². The molecule has 1 aromatic rings. The van der Waals surface area contributed by atoms with Gasteiger partial charge in [0.2, 0.25) is 5.91 Å². The zero-order chi connectivity index (χ0) is 16.7. The van der Waals surface area contributed by atoms with Crippen LogP contribution in [0, 0.1) is 5.92 Å². The summed E-state index contributed by atoms with van der Waals surface area (Å²) in [6, 6.07) is 9.98. The van der Waals surface area contributed by atoms with Gasteiger partial charge in [-0.25, -0.2) is 4.79 Å². The first-order chi connectivity index (χ1) is 11.2. The molecule has 124 valence electrons. The maximum absolute atomic E-state index is 12.3. The minimum atomic E-state index is -0.198. The molecular formula is C18H25N3O2. The Hall–Kier alpha value is -2.30. The summed E-state index contributed by atoms with van der Waals surface area (Å²) in [4.78, 5) is 26.3. The monoisotopic (exact) mass is 315 g/mol. The SMILES string of the molecule is C=CCNC(=O)C1CC(c2ccccc2)CN(C(=O)NCC)C1. The van der Waals surface area contributed by atoms with Crippen LogP contribution in [-0.4, -0.2) is 43.0 Å². The molecule has 0 aromatic heterocycles. The van der Waals surface area contributed by atoms with Crippen molar-refractivity contribution < 1.29 is 9.59 Å². The Morgan fingerprint density at radius 3 is 2.65 bits per heavy atom. The molecule has 0 spiro atoms. The second-order valence-corrected chi connectivity index (χ2v) is 5.81. The molecule has 1 aliphatic heterocycles. The summed E-state index contributed by atoms with van der Waals surface area (Å²) in [5, 5.41) is 5.68. The fourth-order valence-corrected chi connectivity index (χ4v) is 3.00. The second kappa shape index (κ2) is 8.36. The third kappa shape index (κ3) is 4.58. The van der Waals surface area contributed by atoms with Crippen molar-refractivity contribution in [1.29, 1.82) is 0 Å². The Labute approximate surface area is 137 Å². The van der Waals surface area contributed by atoms with Crippen molar-refractivity contribution >= 4 is 11.9 Å². The molecule has 0 aliphatic carbocycles. The van der Waals surface area contributed by atoms with E-state index in [0.717, 1.165) is 6.42 Å². The van der Waals surface area contributed by atoms with E-state index in [-0.39, 0.29) is 23.8 Å². The first kappa shape index (κ1) is 17.1. The highest BCUT2D eigenvalue weighted by atomic mass is 16.2. The Balaban J connectivity index is 2.14. The highest BCUT2D eigenvalue weighted by Crippen LogP contribution is 2.30. The molecule has 1 saturated heterocycles. The van der Waals surface area contributed by atoms with Gasteiger partial charge in [0, 0.05) is 32.1 Å². The summed E-state index contributed by atoms with van der Waals surface area (Å²) < 4.78 is 0. The molecule has 3 amide bonds. The fourth-order valence-electron chi connectivity index (χ4n) is 3.00. The van der Waals surface area contributed by atoms with E-state index in [2.05, 4.69) is 29.3 Å². The van der Waals surface area contributed by atoms with E-state index >= 15 is 0 Å². The van der Waals surface area contributed by atoms with Crippen LogP contribution in [0.4, 0.5) is 4.79 Å². The van der Waals surface area contributed by atoms with Crippen molar-refractivity contribution in [2.24, 2.45) is 5.92 Å². The molecule has 2 rings (SSSR count). The van der Waals surface area contributed by atoms with Gasteiger partial charge in [-0.05, 0) is 18.9 Å². The lowest BCUT2D eigenvalue weighted by molar-refractivity contribution is -0.126. The lowest BCUT2D eigenvalue weighted by Gasteiger charge is -2.37. The van der Waals surface area contributed by atoms with E-state index in [1.165, 1.54) is 5.56 Å². The predicted molar refractivity (Wildman–Crippen MR) is 91.1 cm³/mol. The Kier molecular flexibility index (Phi) is 6.20. The van der Waals surface area contributed by atoms with Gasteiger partial charge in [0.05, 0.1) is 5.92 Å². The summed E-state index contributed by atoms with van der Waals surface area (Å²) in [5.74, 6) is -0.0385. The van der Waals surface area contributed by atoms with Gasteiger partial charge in [-0.1, -0.05) is 36.4 Å². The number of nitrogens with one attached hydrogen (secondary N) is 2. The van der Waals surface area contributed by atoms with Crippen LogP contribution >= 0.6 is 0 Å². The average molecular weight is 315 g/mol. The summed E-state index contributed by atoms with van der Waals surface area (Å²) in [6.07, 6.45) is 2.42. The number of benzene rings is 1. The molecule has 1 heterocycles. The highest BCUT2D eigenvalue weighted by Gasteiger charge is 2.34. The zero-order valence-corrected chi connectivity index (χ0v) is 13.6. The summed E-state index contributed by atoms with van der Waals surface area (Å²) in [6.45, 7) is 7.64. The first-order valence-electron chi connectivity index (χ1n) is 8.12. The quantitative estimate of drug-likeness (QED) is 0.818. The molecule has 1 aliphatic rings. The normalized spacial score (nSPS) is 20.7. The third-order valence-corrected chi connectivity index (χ3v) is 4.13. The fraction of sp³-hybridized carbons (Fsp3) is 0.444. The van der Waals surface area contributed by atoms with Gasteiger partial charge in [0.15, 0.2) is 0 Å². The smallest absolute Gasteiger partial charge is 0.317 e. The van der Waals surface area contributed by atoms with Crippen LogP contribution in [-0.2, 0) is 4.79 Å². The van der Waals surface area contributed by atoms with Crippen molar-refractivity contribution in [3.8, 4) is 0 Å². The summed E-state index contributed by atoms with van der Waals surface area (Å²) in [5.41, 5.74) is 1.17. The minimum absolute atomic E-state index is 0.0140. The number of nitrogens with zero attached hydrogens (tertiary/aromatic N) is 1. The Bertz CT molecular complexity index is 544. The molecule has 2 N–H and O–H groups in total. The summed E-state index contributed by atoms with van der Waals surface area (Å²) in [7, 11) is 0. The van der Waals surface area contributed by atoms with Crippen molar-refractivity contribution in [3.63, 3.8) is 0 Å². The van der Waals surface area contributed by atoms with Crippen LogP contribution in [0.5, 0.6) is 0 Å². The zero-order valence-electron chi connectivity index (χ0n) is 13.6. The lowest BCUT2D eigenvalue weighted by Crippen LogP contribution is -2.51. The standard InChI is InChI=1S/C18H25N3O2/c1-3-10-20-17(22)16-11-15(14-8-6-5-7-9-14)12-21(13-16)18(23)19-4-2/h3,5-9,15-16H,1,4,10-13H2,2H3,(H,19,23)(H,20,22). The van der Waals surface area contributed by atoms with E-state index in [9.17, 15) is 9.59 Å².